The van der Waals surface area contributed by atoms with E-state index >= 15 is 0 Å². The normalized spacial score (nSPS) is 11.1. The summed E-state index contributed by atoms with van der Waals surface area (Å²) < 4.78 is 0.873. The number of hydrogen-bond acceptors (Lipinski definition) is 5. The molecule has 1 heterocycles. The zero-order valence-corrected chi connectivity index (χ0v) is 23.1. The highest BCUT2D eigenvalue weighted by Crippen LogP contribution is 2.28. The molecule has 0 bridgehead atoms. The molecule has 0 radical (unpaired) electrons. The molecule has 0 aliphatic rings. The van der Waals surface area contributed by atoms with Gasteiger partial charge in [-0.1, -0.05) is 108 Å². The minimum absolute atomic E-state index is 0.0311. The lowest BCUT2D eigenvalue weighted by Gasteiger charge is -2.05. The number of amides is 2. The standard InChI is InChI=1S/C29H45N3O3S/c1-3-4-5-6-7-8-9-10-11-12-13-14-15-16-17-18-27(34)30-24-19-20-25-26(22-24)36-29(31-25)32-28(35)21-23(2)33/h19-20,22H,3-18,21H2,1-2H3,(H,30,34)(H,31,32,35). The van der Waals surface area contributed by atoms with E-state index in [1.165, 1.54) is 102 Å². The van der Waals surface area contributed by atoms with Crippen LogP contribution in [0, 0.1) is 0 Å². The van der Waals surface area contributed by atoms with Gasteiger partial charge in [-0.2, -0.15) is 0 Å². The third-order valence-electron chi connectivity index (χ3n) is 6.34. The van der Waals surface area contributed by atoms with Crippen molar-refractivity contribution in [1.29, 1.82) is 0 Å². The van der Waals surface area contributed by atoms with Gasteiger partial charge in [0.1, 0.15) is 5.78 Å². The number of rotatable bonds is 20. The Hall–Kier alpha value is -2.28. The molecule has 0 unspecified atom stereocenters. The van der Waals surface area contributed by atoms with Gasteiger partial charge in [0.05, 0.1) is 16.6 Å². The summed E-state index contributed by atoms with van der Waals surface area (Å²) in [5, 5.41) is 6.08. The van der Waals surface area contributed by atoms with Crippen molar-refractivity contribution in [3.8, 4) is 0 Å². The van der Waals surface area contributed by atoms with E-state index in [2.05, 4.69) is 22.5 Å². The second kappa shape index (κ2) is 18.0. The van der Waals surface area contributed by atoms with Crippen LogP contribution in [0.15, 0.2) is 18.2 Å². The molecule has 200 valence electrons. The van der Waals surface area contributed by atoms with Gasteiger partial charge in [-0.15, -0.1) is 0 Å². The van der Waals surface area contributed by atoms with Crippen LogP contribution < -0.4 is 10.6 Å². The maximum atomic E-state index is 12.3. The van der Waals surface area contributed by atoms with Crippen LogP contribution in [0.1, 0.15) is 123 Å². The molecular formula is C29H45N3O3S. The van der Waals surface area contributed by atoms with Crippen LogP contribution >= 0.6 is 11.3 Å². The highest BCUT2D eigenvalue weighted by Gasteiger charge is 2.11. The summed E-state index contributed by atoms with van der Waals surface area (Å²) in [5.74, 6) is -0.519. The molecular weight excluding hydrogens is 470 g/mol. The van der Waals surface area contributed by atoms with Crippen molar-refractivity contribution in [3.63, 3.8) is 0 Å². The van der Waals surface area contributed by atoms with Crippen LogP contribution in [0.25, 0.3) is 10.2 Å². The molecule has 2 amide bonds. The molecule has 2 aromatic rings. The maximum absolute atomic E-state index is 12.3. The first-order valence-electron chi connectivity index (χ1n) is 14.0. The van der Waals surface area contributed by atoms with Crippen LogP contribution in [-0.2, 0) is 14.4 Å². The van der Waals surface area contributed by atoms with Crippen LogP contribution in [-0.4, -0.2) is 22.6 Å². The van der Waals surface area contributed by atoms with E-state index in [0.717, 1.165) is 28.7 Å². The molecule has 2 N–H and O–H groups in total. The van der Waals surface area contributed by atoms with Gasteiger partial charge in [0.15, 0.2) is 5.13 Å². The third kappa shape index (κ3) is 13.1. The summed E-state index contributed by atoms with van der Waals surface area (Å²) in [6.07, 6.45) is 20.0. The van der Waals surface area contributed by atoms with E-state index in [-0.39, 0.29) is 24.0 Å². The van der Waals surface area contributed by atoms with E-state index in [1.54, 1.807) is 0 Å². The fourth-order valence-corrected chi connectivity index (χ4v) is 5.25. The van der Waals surface area contributed by atoms with Gasteiger partial charge in [-0.25, -0.2) is 4.98 Å². The van der Waals surface area contributed by atoms with Crippen LogP contribution in [0.2, 0.25) is 0 Å². The number of unbranched alkanes of at least 4 members (excludes halogenated alkanes) is 14. The predicted molar refractivity (Wildman–Crippen MR) is 152 cm³/mol. The van der Waals surface area contributed by atoms with Gasteiger partial charge in [-0.3, -0.25) is 14.4 Å². The average molecular weight is 516 g/mol. The average Bonchev–Trinajstić information content (AvgIpc) is 3.22. The maximum Gasteiger partial charge on any atom is 0.233 e. The van der Waals surface area contributed by atoms with E-state index in [9.17, 15) is 14.4 Å². The Morgan fingerprint density at radius 2 is 1.31 bits per heavy atom. The molecule has 2 rings (SSSR count). The third-order valence-corrected chi connectivity index (χ3v) is 7.27. The van der Waals surface area contributed by atoms with Gasteiger partial charge < -0.3 is 10.6 Å². The van der Waals surface area contributed by atoms with Crippen molar-refractivity contribution >= 4 is 50.0 Å². The molecule has 7 heteroatoms. The van der Waals surface area contributed by atoms with Crippen molar-refractivity contribution in [2.45, 2.75) is 123 Å². The van der Waals surface area contributed by atoms with Gasteiger partial charge >= 0.3 is 0 Å². The Bertz CT molecular complexity index is 941. The zero-order chi connectivity index (χ0) is 26.0. The minimum Gasteiger partial charge on any atom is -0.326 e. The van der Waals surface area contributed by atoms with Gasteiger partial charge in [-0.05, 0) is 31.5 Å². The number of carbonyl (C=O) groups is 3. The molecule has 0 atom stereocenters. The summed E-state index contributed by atoms with van der Waals surface area (Å²) in [4.78, 5) is 39.5. The van der Waals surface area contributed by atoms with E-state index < -0.39 is 0 Å². The zero-order valence-electron chi connectivity index (χ0n) is 22.3. The Balaban J connectivity index is 1.51. The van der Waals surface area contributed by atoms with E-state index in [0.29, 0.717) is 11.6 Å². The first-order chi connectivity index (χ1) is 17.5. The topological polar surface area (TPSA) is 88.2 Å². The molecule has 0 spiro atoms. The highest BCUT2D eigenvalue weighted by atomic mass is 32.1. The SMILES string of the molecule is CCCCCCCCCCCCCCCCCC(=O)Nc1ccc2nc(NC(=O)CC(C)=O)sc2c1. The van der Waals surface area contributed by atoms with Crippen molar-refractivity contribution in [3.05, 3.63) is 18.2 Å². The first kappa shape index (κ1) is 29.9. The number of fused-ring (bicyclic) bond motifs is 1. The Labute approximate surface area is 221 Å². The molecule has 0 aliphatic carbocycles. The molecule has 1 aromatic carbocycles. The highest BCUT2D eigenvalue weighted by molar-refractivity contribution is 7.22. The molecule has 36 heavy (non-hydrogen) atoms. The fraction of sp³-hybridized carbons (Fsp3) is 0.655. The second-order valence-corrected chi connectivity index (χ2v) is 10.9. The lowest BCUT2D eigenvalue weighted by Crippen LogP contribution is -2.14. The molecule has 0 saturated heterocycles. The monoisotopic (exact) mass is 515 g/mol. The Morgan fingerprint density at radius 3 is 1.86 bits per heavy atom. The molecule has 1 aromatic heterocycles. The number of carbonyl (C=O) groups excluding carboxylic acids is 3. The van der Waals surface area contributed by atoms with E-state index in [1.807, 2.05) is 18.2 Å². The largest absolute Gasteiger partial charge is 0.326 e. The quantitative estimate of drug-likeness (QED) is 0.137. The van der Waals surface area contributed by atoms with Crippen LogP contribution in [0.3, 0.4) is 0 Å². The minimum atomic E-state index is -0.362. The summed E-state index contributed by atoms with van der Waals surface area (Å²) in [6, 6.07) is 5.53. The predicted octanol–water partition coefficient (Wildman–Crippen LogP) is 8.41. The lowest BCUT2D eigenvalue weighted by molar-refractivity contribution is -0.124. The summed E-state index contributed by atoms with van der Waals surface area (Å²) in [5.41, 5.74) is 1.48. The summed E-state index contributed by atoms with van der Waals surface area (Å²) in [6.45, 7) is 3.65. The number of aromatic nitrogens is 1. The van der Waals surface area contributed by atoms with Crippen molar-refractivity contribution < 1.29 is 14.4 Å². The van der Waals surface area contributed by atoms with E-state index in [4.69, 9.17) is 0 Å². The van der Waals surface area contributed by atoms with Gasteiger partial charge in [0.2, 0.25) is 11.8 Å². The van der Waals surface area contributed by atoms with Crippen molar-refractivity contribution in [1.82, 2.24) is 4.98 Å². The second-order valence-electron chi connectivity index (χ2n) is 9.88. The number of Topliss-reactive ketones (excluding diaryl/α,β-unsaturated/α-hetero) is 1. The number of thiazole rings is 1. The molecule has 6 nitrogen and oxygen atoms in total. The number of nitrogens with zero attached hydrogens (tertiary/aromatic N) is 1. The number of benzene rings is 1. The summed E-state index contributed by atoms with van der Waals surface area (Å²) in [7, 11) is 0. The first-order valence-corrected chi connectivity index (χ1v) is 14.8. The number of nitrogens with one attached hydrogen (secondary N) is 2. The Morgan fingerprint density at radius 1 is 0.750 bits per heavy atom. The van der Waals surface area contributed by atoms with Crippen molar-refractivity contribution in [2.75, 3.05) is 10.6 Å². The Kier molecular flexibility index (Phi) is 15.0. The molecule has 0 fully saturated rings. The molecule has 0 saturated carbocycles. The molecule has 0 aliphatic heterocycles. The van der Waals surface area contributed by atoms with Crippen molar-refractivity contribution in [2.24, 2.45) is 0 Å². The lowest BCUT2D eigenvalue weighted by atomic mass is 10.0. The van der Waals surface area contributed by atoms with Gasteiger partial charge in [0, 0.05) is 12.1 Å². The van der Waals surface area contributed by atoms with Crippen LogP contribution in [0.5, 0.6) is 0 Å². The summed E-state index contributed by atoms with van der Waals surface area (Å²) >= 11 is 1.33. The number of ketones is 1. The smallest absolute Gasteiger partial charge is 0.233 e. The fourth-order valence-electron chi connectivity index (χ4n) is 4.33. The number of anilines is 2. The number of hydrogen-bond donors (Lipinski definition) is 2. The van der Waals surface area contributed by atoms with Crippen LogP contribution in [0.4, 0.5) is 10.8 Å². The van der Waals surface area contributed by atoms with Gasteiger partial charge in [0.25, 0.3) is 0 Å².